The highest BCUT2D eigenvalue weighted by atomic mass is 16.5. The fraction of sp³-hybridized carbons (Fsp3) is 0.727. The van der Waals surface area contributed by atoms with Crippen LogP contribution < -0.4 is 5.32 Å². The van der Waals surface area contributed by atoms with E-state index in [1.165, 1.54) is 0 Å². The fourth-order valence-corrected chi connectivity index (χ4v) is 1.57. The quantitative estimate of drug-likeness (QED) is 0.498. The first-order valence-electron chi connectivity index (χ1n) is 5.42. The Labute approximate surface area is 90.3 Å². The lowest BCUT2D eigenvalue weighted by molar-refractivity contribution is -0.126. The summed E-state index contributed by atoms with van der Waals surface area (Å²) in [5.41, 5.74) is 0. The number of rotatable bonds is 6. The van der Waals surface area contributed by atoms with Crippen LogP contribution in [-0.2, 0) is 9.53 Å². The van der Waals surface area contributed by atoms with Crippen LogP contribution in [0.2, 0.25) is 0 Å². The molecule has 0 aliphatic heterocycles. The summed E-state index contributed by atoms with van der Waals surface area (Å²) in [6, 6.07) is 0.0554. The third-order valence-corrected chi connectivity index (χ3v) is 2.33. The van der Waals surface area contributed by atoms with Gasteiger partial charge >= 0.3 is 0 Å². The van der Waals surface area contributed by atoms with E-state index in [4.69, 9.17) is 9.84 Å². The molecule has 0 radical (unpaired) electrons. The van der Waals surface area contributed by atoms with Crippen LogP contribution in [-0.4, -0.2) is 36.9 Å². The normalized spacial score (nSPS) is 24.4. The van der Waals surface area contributed by atoms with E-state index in [9.17, 15) is 4.79 Å². The van der Waals surface area contributed by atoms with Crippen LogP contribution in [0.15, 0.2) is 12.2 Å². The number of aliphatic hydroxyl groups is 1. The molecule has 4 nitrogen and oxygen atoms in total. The summed E-state index contributed by atoms with van der Waals surface area (Å²) in [5.74, 6) is 0.101. The number of hydrogen-bond acceptors (Lipinski definition) is 3. The number of amides is 1. The zero-order valence-corrected chi connectivity index (χ0v) is 9.11. The van der Waals surface area contributed by atoms with Gasteiger partial charge in [-0.3, -0.25) is 4.79 Å². The average molecular weight is 213 g/mol. The molecule has 0 saturated carbocycles. The summed E-state index contributed by atoms with van der Waals surface area (Å²) >= 11 is 0. The van der Waals surface area contributed by atoms with Crippen LogP contribution in [0.3, 0.4) is 0 Å². The van der Waals surface area contributed by atoms with Gasteiger partial charge in [0.05, 0.1) is 0 Å². The van der Waals surface area contributed by atoms with Crippen molar-refractivity contribution in [1.29, 1.82) is 0 Å². The first-order valence-corrected chi connectivity index (χ1v) is 5.42. The number of carbonyl (C=O) groups excluding carboxylic acids is 1. The first-order chi connectivity index (χ1) is 7.26. The monoisotopic (exact) mass is 213 g/mol. The maximum absolute atomic E-state index is 11.3. The smallest absolute Gasteiger partial charge is 0.246 e. The third kappa shape index (κ3) is 4.44. The Kier molecular flexibility index (Phi) is 5.36. The highest BCUT2D eigenvalue weighted by molar-refractivity contribution is 5.77. The lowest BCUT2D eigenvalue weighted by atomic mass is 10.1. The predicted octanol–water partition coefficient (Wildman–Crippen LogP) is 0.466. The number of ether oxygens (including phenoxy) is 1. The second-order valence-corrected chi connectivity index (χ2v) is 3.79. The lowest BCUT2D eigenvalue weighted by Crippen LogP contribution is -2.35. The van der Waals surface area contributed by atoms with Crippen LogP contribution in [0.5, 0.6) is 0 Å². The second-order valence-electron chi connectivity index (χ2n) is 3.79. The van der Waals surface area contributed by atoms with E-state index >= 15 is 0 Å². The molecule has 1 aliphatic carbocycles. The molecule has 0 aromatic carbocycles. The molecule has 4 heteroatoms. The van der Waals surface area contributed by atoms with Crippen molar-refractivity contribution < 1.29 is 14.6 Å². The van der Waals surface area contributed by atoms with Gasteiger partial charge in [-0.1, -0.05) is 19.1 Å². The van der Waals surface area contributed by atoms with Gasteiger partial charge in [0.2, 0.25) is 5.91 Å². The van der Waals surface area contributed by atoms with Crippen molar-refractivity contribution in [3.63, 3.8) is 0 Å². The van der Waals surface area contributed by atoms with Gasteiger partial charge in [0.25, 0.3) is 0 Å². The van der Waals surface area contributed by atoms with E-state index in [1.54, 1.807) is 0 Å². The average Bonchev–Trinajstić information content (AvgIpc) is 2.66. The van der Waals surface area contributed by atoms with Crippen molar-refractivity contribution in [1.82, 2.24) is 5.32 Å². The predicted molar refractivity (Wildman–Crippen MR) is 57.4 cm³/mol. The Morgan fingerprint density at radius 3 is 3.00 bits per heavy atom. The SMILES string of the molecule is CCCOCC(=O)N[C@@H]1C=C[C@H](CO)C1. The van der Waals surface area contributed by atoms with E-state index < -0.39 is 0 Å². The molecule has 2 atom stereocenters. The lowest BCUT2D eigenvalue weighted by Gasteiger charge is -2.12. The Morgan fingerprint density at radius 1 is 1.60 bits per heavy atom. The third-order valence-electron chi connectivity index (χ3n) is 2.33. The van der Waals surface area contributed by atoms with E-state index in [0.717, 1.165) is 12.8 Å². The Morgan fingerprint density at radius 2 is 2.40 bits per heavy atom. The zero-order chi connectivity index (χ0) is 11.1. The van der Waals surface area contributed by atoms with Crippen molar-refractivity contribution in [3.05, 3.63) is 12.2 Å². The molecular weight excluding hydrogens is 194 g/mol. The molecule has 1 aliphatic rings. The van der Waals surface area contributed by atoms with Crippen LogP contribution in [0.4, 0.5) is 0 Å². The van der Waals surface area contributed by atoms with Gasteiger partial charge in [0, 0.05) is 25.2 Å². The van der Waals surface area contributed by atoms with Crippen molar-refractivity contribution in [2.45, 2.75) is 25.8 Å². The summed E-state index contributed by atoms with van der Waals surface area (Å²) < 4.78 is 5.12. The number of hydrogen-bond donors (Lipinski definition) is 2. The van der Waals surface area contributed by atoms with Gasteiger partial charge in [-0.2, -0.15) is 0 Å². The van der Waals surface area contributed by atoms with Gasteiger partial charge in [-0.15, -0.1) is 0 Å². The largest absolute Gasteiger partial charge is 0.396 e. The molecule has 86 valence electrons. The van der Waals surface area contributed by atoms with E-state index in [2.05, 4.69) is 5.32 Å². The van der Waals surface area contributed by atoms with Gasteiger partial charge in [0.1, 0.15) is 6.61 Å². The molecule has 0 aromatic heterocycles. The standard InChI is InChI=1S/C11H19NO3/c1-2-5-15-8-11(14)12-10-4-3-9(6-10)7-13/h3-4,9-10,13H,2,5-8H2,1H3,(H,12,14)/t9-,10+/m0/s1. The molecule has 0 bridgehead atoms. The molecule has 0 heterocycles. The maximum atomic E-state index is 11.3. The van der Waals surface area contributed by atoms with Crippen molar-refractivity contribution in [2.24, 2.45) is 5.92 Å². The number of aliphatic hydroxyl groups excluding tert-OH is 1. The minimum absolute atomic E-state index is 0.0554. The Balaban J connectivity index is 2.14. The van der Waals surface area contributed by atoms with Gasteiger partial charge in [-0.25, -0.2) is 0 Å². The minimum Gasteiger partial charge on any atom is -0.396 e. The number of nitrogens with one attached hydrogen (secondary N) is 1. The zero-order valence-electron chi connectivity index (χ0n) is 9.11. The molecule has 0 aromatic rings. The van der Waals surface area contributed by atoms with Crippen LogP contribution in [0.1, 0.15) is 19.8 Å². The topological polar surface area (TPSA) is 58.6 Å². The summed E-state index contributed by atoms with van der Waals surface area (Å²) in [7, 11) is 0. The Hall–Kier alpha value is -0.870. The van der Waals surface area contributed by atoms with Gasteiger partial charge in [0.15, 0.2) is 0 Å². The molecule has 0 spiro atoms. The molecule has 0 unspecified atom stereocenters. The maximum Gasteiger partial charge on any atom is 0.246 e. The first kappa shape index (κ1) is 12.2. The van der Waals surface area contributed by atoms with Crippen LogP contribution in [0, 0.1) is 5.92 Å². The molecule has 1 amide bonds. The van der Waals surface area contributed by atoms with E-state index in [1.807, 2.05) is 19.1 Å². The van der Waals surface area contributed by atoms with Crippen LogP contribution in [0.25, 0.3) is 0 Å². The summed E-state index contributed by atoms with van der Waals surface area (Å²) in [6.07, 6.45) is 5.58. The second kappa shape index (κ2) is 6.58. The Bertz CT molecular complexity index is 228. The van der Waals surface area contributed by atoms with Crippen molar-refractivity contribution in [2.75, 3.05) is 19.8 Å². The number of carbonyl (C=O) groups is 1. The molecule has 2 N–H and O–H groups in total. The van der Waals surface area contributed by atoms with E-state index in [0.29, 0.717) is 6.61 Å². The highest BCUT2D eigenvalue weighted by Gasteiger charge is 2.19. The summed E-state index contributed by atoms with van der Waals surface area (Å²) in [6.45, 7) is 2.90. The molecule has 0 saturated heterocycles. The molecule has 0 fully saturated rings. The molecular formula is C11H19NO3. The fourth-order valence-electron chi connectivity index (χ4n) is 1.57. The molecule has 15 heavy (non-hydrogen) atoms. The van der Waals surface area contributed by atoms with E-state index in [-0.39, 0.29) is 31.1 Å². The summed E-state index contributed by atoms with van der Waals surface area (Å²) in [5, 5.41) is 11.7. The van der Waals surface area contributed by atoms with Crippen LogP contribution >= 0.6 is 0 Å². The van der Waals surface area contributed by atoms with Crippen molar-refractivity contribution in [3.8, 4) is 0 Å². The highest BCUT2D eigenvalue weighted by Crippen LogP contribution is 2.16. The van der Waals surface area contributed by atoms with Gasteiger partial charge in [-0.05, 0) is 12.8 Å². The minimum atomic E-state index is -0.0864. The molecule has 1 rings (SSSR count). The summed E-state index contributed by atoms with van der Waals surface area (Å²) in [4.78, 5) is 11.3. The van der Waals surface area contributed by atoms with Crippen molar-refractivity contribution >= 4 is 5.91 Å². The van der Waals surface area contributed by atoms with Gasteiger partial charge < -0.3 is 15.2 Å².